The molecule has 0 spiro atoms. The zero-order chi connectivity index (χ0) is 25.4. The van der Waals surface area contributed by atoms with Gasteiger partial charge in [0.05, 0.1) is 27.2 Å². The highest BCUT2D eigenvalue weighted by molar-refractivity contribution is 8.04. The van der Waals surface area contributed by atoms with Gasteiger partial charge in [0.2, 0.25) is 11.1 Å². The highest BCUT2D eigenvalue weighted by atomic mass is 35.5. The summed E-state index contributed by atoms with van der Waals surface area (Å²) >= 11 is 8.94. The number of amides is 1. The van der Waals surface area contributed by atoms with Gasteiger partial charge in [-0.15, -0.1) is 16.9 Å². The van der Waals surface area contributed by atoms with Gasteiger partial charge in [0, 0.05) is 22.9 Å². The number of nitro groups is 1. The minimum absolute atomic E-state index is 0.0446. The van der Waals surface area contributed by atoms with Crippen molar-refractivity contribution in [2.45, 2.75) is 41.3 Å². The molecule has 1 amide bonds. The Morgan fingerprint density at radius 2 is 2.00 bits per heavy atom. The van der Waals surface area contributed by atoms with Crippen LogP contribution >= 0.6 is 35.1 Å². The number of nitro benzene ring substituents is 1. The third-order valence-corrected chi connectivity index (χ3v) is 9.22. The van der Waals surface area contributed by atoms with E-state index < -0.39 is 21.7 Å². The van der Waals surface area contributed by atoms with Gasteiger partial charge in [-0.2, -0.15) is 4.68 Å². The highest BCUT2D eigenvalue weighted by Gasteiger charge is 2.61. The molecule has 0 radical (unpaired) electrons. The van der Waals surface area contributed by atoms with Crippen LogP contribution in [0.1, 0.15) is 18.9 Å². The van der Waals surface area contributed by atoms with E-state index in [2.05, 4.69) is 15.5 Å². The number of hydrogen-bond acceptors (Lipinski definition) is 10. The number of aromatic nitrogens is 4. The number of hydrogen-bond donors (Lipinski definition) is 0. The fourth-order valence-corrected chi connectivity index (χ4v) is 7.17. The minimum Gasteiger partial charge on any atom is -0.459 e. The predicted octanol–water partition coefficient (Wildman–Crippen LogP) is 3.49. The number of non-ortho nitro benzene ring substituents is 1. The molecule has 2 aliphatic rings. The maximum Gasteiger partial charge on any atom is 0.330 e. The van der Waals surface area contributed by atoms with Crippen LogP contribution in [0.5, 0.6) is 0 Å². The summed E-state index contributed by atoms with van der Waals surface area (Å²) in [7, 11) is 0. The normalized spacial score (nSPS) is 22.7. The van der Waals surface area contributed by atoms with Crippen molar-refractivity contribution < 1.29 is 19.2 Å². The number of tetrazole rings is 1. The molecule has 1 aromatic heterocycles. The van der Waals surface area contributed by atoms with Crippen LogP contribution in [0.2, 0.25) is 5.02 Å². The number of carbonyl (C=O) groups excluding carboxylic acids is 2. The maximum atomic E-state index is 13.2. The Kier molecular flexibility index (Phi) is 6.62. The van der Waals surface area contributed by atoms with Crippen molar-refractivity contribution in [2.24, 2.45) is 0 Å². The van der Waals surface area contributed by atoms with Crippen LogP contribution in [0.3, 0.4) is 0 Å². The zero-order valence-corrected chi connectivity index (χ0v) is 21.2. The number of esters is 1. The average molecular weight is 547 g/mol. The van der Waals surface area contributed by atoms with Crippen molar-refractivity contribution in [1.29, 1.82) is 0 Å². The van der Waals surface area contributed by atoms with Gasteiger partial charge in [-0.1, -0.05) is 23.4 Å². The number of fused-ring (bicyclic) bond motifs is 1. The molecule has 0 unspecified atom stereocenters. The lowest BCUT2D eigenvalue weighted by Crippen LogP contribution is -2.58. The van der Waals surface area contributed by atoms with Crippen LogP contribution in [0, 0.1) is 10.1 Å². The molecular formula is C22H19ClN6O5S2. The molecule has 0 bridgehead atoms. The summed E-state index contributed by atoms with van der Waals surface area (Å²) in [6.07, 6.45) is 0.375. The van der Waals surface area contributed by atoms with Gasteiger partial charge in [0.15, 0.2) is 0 Å². The van der Waals surface area contributed by atoms with Gasteiger partial charge in [-0.05, 0) is 59.3 Å². The van der Waals surface area contributed by atoms with Gasteiger partial charge in [-0.3, -0.25) is 14.9 Å². The van der Waals surface area contributed by atoms with Crippen molar-refractivity contribution in [2.75, 3.05) is 5.75 Å². The van der Waals surface area contributed by atoms with E-state index in [9.17, 15) is 19.7 Å². The number of β-lactam (4-membered cyclic amide) rings is 1. The predicted molar refractivity (Wildman–Crippen MR) is 133 cm³/mol. The van der Waals surface area contributed by atoms with Crippen molar-refractivity contribution in [3.63, 3.8) is 0 Å². The molecule has 0 N–H and O–H groups in total. The minimum atomic E-state index is -0.779. The van der Waals surface area contributed by atoms with Gasteiger partial charge in [-0.25, -0.2) is 4.79 Å². The topological polar surface area (TPSA) is 133 Å². The third-order valence-electron chi connectivity index (χ3n) is 5.96. The lowest BCUT2D eigenvalue weighted by Gasteiger charge is -2.37. The number of rotatable bonds is 8. The number of nitrogens with zero attached hydrogens (tertiary/aromatic N) is 6. The van der Waals surface area contributed by atoms with E-state index in [0.29, 0.717) is 27.9 Å². The highest BCUT2D eigenvalue weighted by Crippen LogP contribution is 2.52. The van der Waals surface area contributed by atoms with E-state index in [0.717, 1.165) is 5.69 Å². The Hall–Kier alpha value is -3.16. The molecular weight excluding hydrogens is 528 g/mol. The molecule has 5 rings (SSSR count). The lowest BCUT2D eigenvalue weighted by molar-refractivity contribution is -0.384. The van der Waals surface area contributed by atoms with E-state index >= 15 is 0 Å². The maximum absolute atomic E-state index is 13.2. The fourth-order valence-electron chi connectivity index (χ4n) is 4.12. The van der Waals surface area contributed by atoms with Crippen molar-refractivity contribution in [1.82, 2.24) is 25.1 Å². The standard InChI is InChI=1S/C22H19ClN6O5S2/c1-22(12-35-21-24-25-26-28(21)15-8-4-14(23)5-9-15)19(27-17(30)10-18(27)36-22)20(31)34-11-13-2-6-16(7-3-13)29(32)33/h2-9,18-19H,10-12H2,1H3/t18-,19-,22-/m0/s1. The smallest absolute Gasteiger partial charge is 0.330 e. The first kappa shape index (κ1) is 24.5. The van der Waals surface area contributed by atoms with Crippen LogP contribution in [0.15, 0.2) is 53.7 Å². The first-order valence-corrected chi connectivity index (χ1v) is 13.1. The Bertz CT molecular complexity index is 1320. The summed E-state index contributed by atoms with van der Waals surface area (Å²) in [6, 6.07) is 12.1. The molecule has 3 heterocycles. The number of ether oxygens (including phenoxy) is 1. The van der Waals surface area contributed by atoms with Crippen LogP contribution in [0.25, 0.3) is 5.69 Å². The van der Waals surface area contributed by atoms with Crippen LogP contribution in [-0.4, -0.2) is 63.8 Å². The molecule has 0 aliphatic carbocycles. The molecule has 186 valence electrons. The lowest BCUT2D eigenvalue weighted by atomic mass is 9.98. The van der Waals surface area contributed by atoms with E-state index in [1.165, 1.54) is 36.0 Å². The van der Waals surface area contributed by atoms with Gasteiger partial charge in [0.1, 0.15) is 12.6 Å². The SMILES string of the molecule is C[C@@]1(CSc2nnnn2-c2ccc(Cl)cc2)S[C@H]2CC(=O)N2[C@H]1C(=O)OCc1ccc([N+](=O)[O-])cc1. The van der Waals surface area contributed by atoms with E-state index in [1.54, 1.807) is 45.6 Å². The second kappa shape index (κ2) is 9.71. The Morgan fingerprint density at radius 3 is 2.67 bits per heavy atom. The second-order valence-corrected chi connectivity index (χ2v) is 11.6. The number of halogens is 1. The summed E-state index contributed by atoms with van der Waals surface area (Å²) in [5, 5.41) is 23.9. The summed E-state index contributed by atoms with van der Waals surface area (Å²) in [5.74, 6) is -0.162. The van der Waals surface area contributed by atoms with Crippen molar-refractivity contribution in [3.8, 4) is 5.69 Å². The zero-order valence-electron chi connectivity index (χ0n) is 18.8. The van der Waals surface area contributed by atoms with Gasteiger partial charge < -0.3 is 9.64 Å². The Labute approximate surface area is 218 Å². The average Bonchev–Trinajstić information content (AvgIpc) is 3.42. The molecule has 14 heteroatoms. The van der Waals surface area contributed by atoms with Gasteiger partial charge >= 0.3 is 5.97 Å². The Balaban J connectivity index is 1.30. The van der Waals surface area contributed by atoms with Crippen LogP contribution in [0.4, 0.5) is 5.69 Å². The first-order valence-electron chi connectivity index (χ1n) is 10.8. The molecule has 2 fully saturated rings. The number of benzene rings is 2. The van der Waals surface area contributed by atoms with E-state index in [1.807, 2.05) is 6.92 Å². The molecule has 2 aliphatic heterocycles. The Morgan fingerprint density at radius 1 is 1.28 bits per heavy atom. The molecule has 0 saturated carbocycles. The van der Waals surface area contributed by atoms with Gasteiger partial charge in [0.25, 0.3) is 5.69 Å². The fraction of sp³-hybridized carbons (Fsp3) is 0.318. The van der Waals surface area contributed by atoms with Crippen molar-refractivity contribution >= 4 is 52.7 Å². The molecule has 11 nitrogen and oxygen atoms in total. The molecule has 2 saturated heterocycles. The number of thioether (sulfide) groups is 2. The first-order chi connectivity index (χ1) is 17.2. The molecule has 3 atom stereocenters. The van der Waals surface area contributed by atoms with Crippen molar-refractivity contribution in [3.05, 3.63) is 69.2 Å². The van der Waals surface area contributed by atoms with E-state index in [-0.39, 0.29) is 23.6 Å². The summed E-state index contributed by atoms with van der Waals surface area (Å²) in [4.78, 5) is 37.5. The summed E-state index contributed by atoms with van der Waals surface area (Å²) < 4.78 is 6.51. The second-order valence-electron chi connectivity index (χ2n) is 8.46. The van der Waals surface area contributed by atoms with E-state index in [4.69, 9.17) is 16.3 Å². The molecule has 2 aromatic carbocycles. The quantitative estimate of drug-likeness (QED) is 0.136. The largest absolute Gasteiger partial charge is 0.459 e. The molecule has 36 heavy (non-hydrogen) atoms. The third kappa shape index (κ3) is 4.65. The number of carbonyl (C=O) groups is 2. The monoisotopic (exact) mass is 546 g/mol. The molecule has 3 aromatic rings. The summed E-state index contributed by atoms with van der Waals surface area (Å²) in [6.45, 7) is 1.88. The van der Waals surface area contributed by atoms with Crippen LogP contribution in [-0.2, 0) is 20.9 Å². The van der Waals surface area contributed by atoms with Crippen LogP contribution < -0.4 is 0 Å². The summed E-state index contributed by atoms with van der Waals surface area (Å²) in [5.41, 5.74) is 1.32.